The van der Waals surface area contributed by atoms with Gasteiger partial charge in [-0.05, 0) is 61.1 Å². The number of aliphatic hydroxyl groups is 1. The fourth-order valence-electron chi connectivity index (χ4n) is 3.72. The first kappa shape index (κ1) is 28.6. The van der Waals surface area contributed by atoms with Crippen molar-refractivity contribution in [2.24, 2.45) is 0 Å². The fraction of sp³-hybridized carbons (Fsp3) is 0.464. The molecule has 0 aliphatic carbocycles. The van der Waals surface area contributed by atoms with Crippen LogP contribution in [0.3, 0.4) is 0 Å². The molecule has 0 radical (unpaired) electrons. The molecule has 0 bridgehead atoms. The number of aliphatic hydroxyl groups excluding tert-OH is 1. The average Bonchev–Trinajstić information content (AvgIpc) is 2.87. The second-order valence-corrected chi connectivity index (χ2v) is 10.9. The van der Waals surface area contributed by atoms with E-state index < -0.39 is 9.84 Å². The van der Waals surface area contributed by atoms with Crippen LogP contribution in [-0.4, -0.2) is 52.6 Å². The Morgan fingerprint density at radius 1 is 0.857 bits per heavy atom. The molecule has 0 saturated heterocycles. The Kier molecular flexibility index (Phi) is 12.6. The van der Waals surface area contributed by atoms with Crippen LogP contribution >= 0.6 is 0 Å². The van der Waals surface area contributed by atoms with Crippen molar-refractivity contribution in [2.45, 2.75) is 56.3 Å². The number of ether oxygens (including phenoxy) is 1. The molecule has 7 heteroatoms. The number of benzene rings is 2. The van der Waals surface area contributed by atoms with Gasteiger partial charge >= 0.3 is 5.97 Å². The zero-order valence-corrected chi connectivity index (χ0v) is 21.8. The van der Waals surface area contributed by atoms with Crippen LogP contribution in [0.2, 0.25) is 0 Å². The number of hydrogen-bond acceptors (Lipinski definition) is 6. The van der Waals surface area contributed by atoms with Gasteiger partial charge in [0.1, 0.15) is 0 Å². The van der Waals surface area contributed by atoms with E-state index in [0.717, 1.165) is 61.9 Å². The Morgan fingerprint density at radius 3 is 2.03 bits per heavy atom. The van der Waals surface area contributed by atoms with Crippen LogP contribution in [-0.2, 0) is 19.4 Å². The molecule has 2 aromatic carbocycles. The van der Waals surface area contributed by atoms with Gasteiger partial charge in [0.15, 0.2) is 9.84 Å². The van der Waals surface area contributed by atoms with E-state index >= 15 is 0 Å². The SMILES string of the molecule is COC(=O)CCCCCN(C)c1ccc(/C=C/c2ccc(S(=O)(=O)CCCCCCO)cc2)cc1. The second kappa shape index (κ2) is 15.4. The van der Waals surface area contributed by atoms with Gasteiger partial charge in [0.25, 0.3) is 0 Å². The molecule has 2 rings (SSSR count). The second-order valence-electron chi connectivity index (χ2n) is 8.76. The number of unbranched alkanes of at least 4 members (excludes halogenated alkanes) is 5. The highest BCUT2D eigenvalue weighted by atomic mass is 32.2. The van der Waals surface area contributed by atoms with Gasteiger partial charge in [-0.3, -0.25) is 4.79 Å². The maximum absolute atomic E-state index is 12.5. The summed E-state index contributed by atoms with van der Waals surface area (Å²) < 4.78 is 29.6. The molecule has 35 heavy (non-hydrogen) atoms. The molecule has 1 N–H and O–H groups in total. The van der Waals surface area contributed by atoms with Gasteiger partial charge < -0.3 is 14.7 Å². The molecule has 0 saturated carbocycles. The number of hydrogen-bond donors (Lipinski definition) is 1. The molecule has 192 valence electrons. The first-order valence-electron chi connectivity index (χ1n) is 12.4. The van der Waals surface area contributed by atoms with E-state index in [4.69, 9.17) is 5.11 Å². The summed E-state index contributed by atoms with van der Waals surface area (Å²) >= 11 is 0. The molecule has 0 heterocycles. The first-order chi connectivity index (χ1) is 16.9. The van der Waals surface area contributed by atoms with Crippen molar-refractivity contribution in [1.82, 2.24) is 0 Å². The van der Waals surface area contributed by atoms with Gasteiger partial charge in [0.05, 0.1) is 17.8 Å². The van der Waals surface area contributed by atoms with Crippen LogP contribution in [0.15, 0.2) is 53.4 Å². The predicted molar refractivity (Wildman–Crippen MR) is 143 cm³/mol. The average molecular weight is 502 g/mol. The highest BCUT2D eigenvalue weighted by molar-refractivity contribution is 7.91. The van der Waals surface area contributed by atoms with Gasteiger partial charge in [-0.2, -0.15) is 0 Å². The maximum atomic E-state index is 12.5. The van der Waals surface area contributed by atoms with Gasteiger partial charge in [-0.25, -0.2) is 8.42 Å². The van der Waals surface area contributed by atoms with Crippen molar-refractivity contribution >= 4 is 33.6 Å². The summed E-state index contributed by atoms with van der Waals surface area (Å²) in [5.41, 5.74) is 3.15. The maximum Gasteiger partial charge on any atom is 0.305 e. The van der Waals surface area contributed by atoms with Crippen molar-refractivity contribution in [3.8, 4) is 0 Å². The Balaban J connectivity index is 1.82. The van der Waals surface area contributed by atoms with E-state index in [0.29, 0.717) is 17.7 Å². The van der Waals surface area contributed by atoms with Crippen molar-refractivity contribution in [3.63, 3.8) is 0 Å². The van der Waals surface area contributed by atoms with Crippen LogP contribution in [0.4, 0.5) is 5.69 Å². The zero-order chi connectivity index (χ0) is 25.5. The van der Waals surface area contributed by atoms with E-state index in [1.807, 2.05) is 24.3 Å². The molecular weight excluding hydrogens is 462 g/mol. The third-order valence-electron chi connectivity index (χ3n) is 5.96. The molecular formula is C28H39NO5S. The normalized spacial score (nSPS) is 11.6. The summed E-state index contributed by atoms with van der Waals surface area (Å²) in [6.45, 7) is 1.08. The number of carbonyl (C=O) groups is 1. The van der Waals surface area contributed by atoms with E-state index in [9.17, 15) is 13.2 Å². The van der Waals surface area contributed by atoms with E-state index in [2.05, 4.69) is 40.9 Å². The fourth-order valence-corrected chi connectivity index (χ4v) is 5.09. The number of anilines is 1. The topological polar surface area (TPSA) is 83.9 Å². The molecule has 0 aliphatic rings. The van der Waals surface area contributed by atoms with Gasteiger partial charge in [-0.15, -0.1) is 0 Å². The molecule has 0 atom stereocenters. The largest absolute Gasteiger partial charge is 0.469 e. The zero-order valence-electron chi connectivity index (χ0n) is 21.0. The van der Waals surface area contributed by atoms with Gasteiger partial charge in [-0.1, -0.05) is 55.7 Å². The van der Waals surface area contributed by atoms with Crippen LogP contribution in [0, 0.1) is 0 Å². The van der Waals surface area contributed by atoms with Crippen LogP contribution in [0.1, 0.15) is 62.5 Å². The van der Waals surface area contributed by atoms with Crippen molar-refractivity contribution in [3.05, 3.63) is 59.7 Å². The molecule has 0 aliphatic heterocycles. The third-order valence-corrected chi connectivity index (χ3v) is 7.78. The minimum Gasteiger partial charge on any atom is -0.469 e. The number of carbonyl (C=O) groups excluding carboxylic acids is 1. The smallest absolute Gasteiger partial charge is 0.305 e. The first-order valence-corrected chi connectivity index (χ1v) is 14.0. The highest BCUT2D eigenvalue weighted by Crippen LogP contribution is 2.19. The van der Waals surface area contributed by atoms with Crippen LogP contribution in [0.5, 0.6) is 0 Å². The molecule has 0 aromatic heterocycles. The van der Waals surface area contributed by atoms with Crippen molar-refractivity contribution in [1.29, 1.82) is 0 Å². The van der Waals surface area contributed by atoms with Crippen LogP contribution < -0.4 is 4.90 Å². The number of esters is 1. The molecule has 0 fully saturated rings. The Morgan fingerprint density at radius 2 is 1.43 bits per heavy atom. The Bertz CT molecular complexity index is 1010. The molecule has 0 amide bonds. The minimum absolute atomic E-state index is 0.141. The monoisotopic (exact) mass is 501 g/mol. The summed E-state index contributed by atoms with van der Waals surface area (Å²) in [7, 11) is 0.214. The summed E-state index contributed by atoms with van der Waals surface area (Å²) in [4.78, 5) is 13.7. The summed E-state index contributed by atoms with van der Waals surface area (Å²) in [5.74, 6) is -0.00809. The molecule has 0 unspecified atom stereocenters. The lowest BCUT2D eigenvalue weighted by molar-refractivity contribution is -0.140. The standard InChI is InChI=1S/C28H39NO5S/c1-29(21-7-5-6-10-28(31)34-2)26-17-13-24(14-18-26)11-12-25-15-19-27(20-16-25)35(32,33)23-9-4-3-8-22-30/h11-20,30H,3-10,21-23H2,1-2H3/b12-11+. The predicted octanol–water partition coefficient (Wildman–Crippen LogP) is 5.35. The number of nitrogens with zero attached hydrogens (tertiary/aromatic N) is 1. The van der Waals surface area contributed by atoms with Gasteiger partial charge in [0.2, 0.25) is 0 Å². The molecule has 0 spiro atoms. The summed E-state index contributed by atoms with van der Waals surface area (Å²) in [6.07, 6.45) is 10.3. The van der Waals surface area contributed by atoms with E-state index in [1.165, 1.54) is 7.11 Å². The number of methoxy groups -OCH3 is 1. The highest BCUT2D eigenvalue weighted by Gasteiger charge is 2.13. The third kappa shape index (κ3) is 10.7. The lowest BCUT2D eigenvalue weighted by Gasteiger charge is -2.19. The Hall–Kier alpha value is -2.64. The minimum atomic E-state index is -3.27. The number of sulfone groups is 1. The lowest BCUT2D eigenvalue weighted by Crippen LogP contribution is -2.18. The molecule has 2 aromatic rings. The van der Waals surface area contributed by atoms with E-state index in [-0.39, 0.29) is 18.3 Å². The number of rotatable bonds is 16. The summed E-state index contributed by atoms with van der Waals surface area (Å²) in [6, 6.07) is 15.3. The summed E-state index contributed by atoms with van der Waals surface area (Å²) in [5, 5.41) is 8.81. The Labute approximate surface area is 210 Å². The molecule has 6 nitrogen and oxygen atoms in total. The van der Waals surface area contributed by atoms with Crippen molar-refractivity contribution in [2.75, 3.05) is 38.0 Å². The van der Waals surface area contributed by atoms with Crippen molar-refractivity contribution < 1.29 is 23.1 Å². The van der Waals surface area contributed by atoms with E-state index in [1.54, 1.807) is 12.1 Å². The van der Waals surface area contributed by atoms with Gasteiger partial charge in [0, 0.05) is 32.3 Å². The van der Waals surface area contributed by atoms with Crippen LogP contribution in [0.25, 0.3) is 12.2 Å². The lowest BCUT2D eigenvalue weighted by atomic mass is 10.1. The quantitative estimate of drug-likeness (QED) is 0.190.